The highest BCUT2D eigenvalue weighted by molar-refractivity contribution is 5.29. The summed E-state index contributed by atoms with van der Waals surface area (Å²) in [6, 6.07) is 7.45. The fraction of sp³-hybridized carbons (Fsp3) is 0.455. The van der Waals surface area contributed by atoms with Gasteiger partial charge in [0.2, 0.25) is 0 Å². The zero-order valence-corrected chi connectivity index (χ0v) is 8.85. The molecule has 0 heterocycles. The summed E-state index contributed by atoms with van der Waals surface area (Å²) < 4.78 is 0. The lowest BCUT2D eigenvalue weighted by atomic mass is 9.98. The minimum absolute atomic E-state index is 0.0506. The van der Waals surface area contributed by atoms with Crippen molar-refractivity contribution < 1.29 is 10.2 Å². The normalized spacial score (nSPS) is 14.9. The predicted molar refractivity (Wildman–Crippen MR) is 59.2 cm³/mol. The largest absolute Gasteiger partial charge is 0.389 e. The van der Waals surface area contributed by atoms with E-state index >= 15 is 0 Å². The Balaban J connectivity index is 2.91. The second-order valence-corrected chi connectivity index (χ2v) is 3.48. The van der Waals surface area contributed by atoms with Gasteiger partial charge in [0.05, 0.1) is 6.10 Å². The molecule has 0 bridgehead atoms. The molecule has 0 spiro atoms. The van der Waals surface area contributed by atoms with Gasteiger partial charge in [0.25, 0.3) is 0 Å². The zero-order chi connectivity index (χ0) is 11.3. The third kappa shape index (κ3) is 3.00. The molecule has 1 aromatic carbocycles. The number of rotatable bonds is 5. The number of hydrogen-bond donors (Lipinski definition) is 4. The second kappa shape index (κ2) is 5.82. The van der Waals surface area contributed by atoms with Crippen molar-refractivity contribution in [1.82, 2.24) is 5.32 Å². The van der Waals surface area contributed by atoms with E-state index in [0.29, 0.717) is 6.54 Å². The number of nitrogens with one attached hydrogen (secondary N) is 1. The van der Waals surface area contributed by atoms with E-state index in [9.17, 15) is 10.2 Å². The van der Waals surface area contributed by atoms with Crippen LogP contribution in [0.4, 0.5) is 0 Å². The Kier molecular flexibility index (Phi) is 4.71. The number of nitrogens with two attached hydrogens (primary N) is 1. The molecule has 84 valence electrons. The van der Waals surface area contributed by atoms with Gasteiger partial charge in [-0.05, 0) is 18.2 Å². The number of hydrogen-bond acceptors (Lipinski definition) is 4. The van der Waals surface area contributed by atoms with E-state index in [1.807, 2.05) is 25.2 Å². The molecule has 0 saturated carbocycles. The van der Waals surface area contributed by atoms with Gasteiger partial charge in [-0.2, -0.15) is 0 Å². The zero-order valence-electron chi connectivity index (χ0n) is 8.85. The first-order valence-electron chi connectivity index (χ1n) is 4.99. The van der Waals surface area contributed by atoms with Crippen molar-refractivity contribution in [2.45, 2.75) is 18.8 Å². The van der Waals surface area contributed by atoms with E-state index in [1.165, 1.54) is 0 Å². The van der Waals surface area contributed by atoms with Gasteiger partial charge < -0.3 is 21.3 Å². The monoisotopic (exact) mass is 210 g/mol. The van der Waals surface area contributed by atoms with E-state index in [2.05, 4.69) is 5.32 Å². The highest BCUT2D eigenvalue weighted by Gasteiger charge is 2.18. The number of aliphatic hydroxyl groups excluding tert-OH is 2. The van der Waals surface area contributed by atoms with Crippen LogP contribution in [0.3, 0.4) is 0 Å². The lowest BCUT2D eigenvalue weighted by Crippen LogP contribution is -2.28. The van der Waals surface area contributed by atoms with Crippen LogP contribution in [0.25, 0.3) is 0 Å². The molecule has 5 N–H and O–H groups in total. The van der Waals surface area contributed by atoms with E-state index in [0.717, 1.165) is 11.1 Å². The molecule has 0 aromatic heterocycles. The molecule has 4 heteroatoms. The third-order valence-corrected chi connectivity index (χ3v) is 2.35. The van der Waals surface area contributed by atoms with Crippen LogP contribution in [0, 0.1) is 0 Å². The quantitative estimate of drug-likeness (QED) is 0.541. The lowest BCUT2D eigenvalue weighted by molar-refractivity contribution is 0.0238. The van der Waals surface area contributed by atoms with Gasteiger partial charge in [0, 0.05) is 13.1 Å². The van der Waals surface area contributed by atoms with Crippen molar-refractivity contribution >= 4 is 0 Å². The summed E-state index contributed by atoms with van der Waals surface area (Å²) in [6.07, 6.45) is -1.83. The van der Waals surface area contributed by atoms with Crippen LogP contribution in [0.5, 0.6) is 0 Å². The Labute approximate surface area is 89.7 Å². The fourth-order valence-electron chi connectivity index (χ4n) is 1.51. The Morgan fingerprint density at radius 2 is 2.00 bits per heavy atom. The molecule has 0 saturated heterocycles. The first-order chi connectivity index (χ1) is 7.20. The van der Waals surface area contributed by atoms with Crippen LogP contribution in [0.15, 0.2) is 24.3 Å². The molecule has 1 rings (SSSR count). The first kappa shape index (κ1) is 12.1. The summed E-state index contributed by atoms with van der Waals surface area (Å²) >= 11 is 0. The van der Waals surface area contributed by atoms with Gasteiger partial charge >= 0.3 is 0 Å². The van der Waals surface area contributed by atoms with E-state index in [4.69, 9.17) is 5.73 Å². The molecule has 2 unspecified atom stereocenters. The maximum atomic E-state index is 9.84. The van der Waals surface area contributed by atoms with Gasteiger partial charge in [0.15, 0.2) is 0 Å². The van der Waals surface area contributed by atoms with Gasteiger partial charge in [-0.25, -0.2) is 0 Å². The molecule has 0 radical (unpaired) electrons. The van der Waals surface area contributed by atoms with Gasteiger partial charge in [-0.1, -0.05) is 24.3 Å². The first-order valence-corrected chi connectivity index (χ1v) is 4.99. The van der Waals surface area contributed by atoms with Gasteiger partial charge in [-0.15, -0.1) is 0 Å². The molecule has 0 aliphatic rings. The molecule has 4 nitrogen and oxygen atoms in total. The van der Waals surface area contributed by atoms with Crippen LogP contribution >= 0.6 is 0 Å². The third-order valence-electron chi connectivity index (χ3n) is 2.35. The smallest absolute Gasteiger partial charge is 0.106 e. The summed E-state index contributed by atoms with van der Waals surface area (Å²) in [4.78, 5) is 0. The van der Waals surface area contributed by atoms with Gasteiger partial charge in [0.1, 0.15) is 6.10 Å². The summed E-state index contributed by atoms with van der Waals surface area (Å²) in [6.45, 7) is 0.708. The van der Waals surface area contributed by atoms with E-state index in [1.54, 1.807) is 6.07 Å². The van der Waals surface area contributed by atoms with Crippen LogP contribution < -0.4 is 11.1 Å². The predicted octanol–water partition coefficient (Wildman–Crippen LogP) is -0.241. The Bertz CT molecular complexity index is 304. The Morgan fingerprint density at radius 3 is 2.60 bits per heavy atom. The Morgan fingerprint density at radius 1 is 1.33 bits per heavy atom. The maximum Gasteiger partial charge on any atom is 0.106 e. The summed E-state index contributed by atoms with van der Waals surface area (Å²) in [7, 11) is 1.84. The molecule has 0 aliphatic carbocycles. The molecule has 15 heavy (non-hydrogen) atoms. The summed E-state index contributed by atoms with van der Waals surface area (Å²) in [5.41, 5.74) is 7.01. The van der Waals surface area contributed by atoms with Crippen LogP contribution in [0.2, 0.25) is 0 Å². The van der Waals surface area contributed by atoms with E-state index in [-0.39, 0.29) is 6.54 Å². The SMILES string of the molecule is CNCc1ccccc1C(O)C(O)CN. The lowest BCUT2D eigenvalue weighted by Gasteiger charge is -2.19. The average Bonchev–Trinajstić information content (AvgIpc) is 2.28. The standard InChI is InChI=1S/C11H18N2O2/c1-13-7-8-4-2-3-5-9(8)11(15)10(14)6-12/h2-5,10-11,13-15H,6-7,12H2,1H3. The van der Waals surface area contributed by atoms with Crippen molar-refractivity contribution in [3.8, 4) is 0 Å². The highest BCUT2D eigenvalue weighted by Crippen LogP contribution is 2.20. The topological polar surface area (TPSA) is 78.5 Å². The molecular formula is C11H18N2O2. The second-order valence-electron chi connectivity index (χ2n) is 3.48. The highest BCUT2D eigenvalue weighted by atomic mass is 16.3. The average molecular weight is 210 g/mol. The Hall–Kier alpha value is -0.940. The van der Waals surface area contributed by atoms with Crippen molar-refractivity contribution in [3.63, 3.8) is 0 Å². The molecule has 0 fully saturated rings. The molecule has 0 aliphatic heterocycles. The van der Waals surface area contributed by atoms with Crippen molar-refractivity contribution in [2.24, 2.45) is 5.73 Å². The molecule has 1 aromatic rings. The van der Waals surface area contributed by atoms with E-state index < -0.39 is 12.2 Å². The van der Waals surface area contributed by atoms with Crippen LogP contribution in [0.1, 0.15) is 17.2 Å². The van der Waals surface area contributed by atoms with Crippen molar-refractivity contribution in [1.29, 1.82) is 0 Å². The summed E-state index contributed by atoms with van der Waals surface area (Å²) in [5, 5.41) is 22.3. The van der Waals surface area contributed by atoms with Crippen LogP contribution in [-0.4, -0.2) is 29.9 Å². The summed E-state index contributed by atoms with van der Waals surface area (Å²) in [5.74, 6) is 0. The molecule has 0 amide bonds. The fourth-order valence-corrected chi connectivity index (χ4v) is 1.51. The van der Waals surface area contributed by atoms with Gasteiger partial charge in [-0.3, -0.25) is 0 Å². The minimum Gasteiger partial charge on any atom is -0.389 e. The molecule has 2 atom stereocenters. The maximum absolute atomic E-state index is 9.84. The minimum atomic E-state index is -0.917. The number of aliphatic hydroxyl groups is 2. The van der Waals surface area contributed by atoms with Crippen molar-refractivity contribution in [2.75, 3.05) is 13.6 Å². The van der Waals surface area contributed by atoms with Crippen molar-refractivity contribution in [3.05, 3.63) is 35.4 Å². The molecular weight excluding hydrogens is 192 g/mol. The van der Waals surface area contributed by atoms with Crippen LogP contribution in [-0.2, 0) is 6.54 Å². The number of benzene rings is 1.